The molecule has 2 atom stereocenters. The predicted molar refractivity (Wildman–Crippen MR) is 86.6 cm³/mol. The number of carbonyl (C=O) groups excluding carboxylic acids is 1. The van der Waals surface area contributed by atoms with Crippen LogP contribution in [0.3, 0.4) is 0 Å². The Kier molecular flexibility index (Phi) is 9.50. The predicted octanol–water partition coefficient (Wildman–Crippen LogP) is 1.87. The molecule has 21 heavy (non-hydrogen) atoms. The molecule has 1 fully saturated rings. The average Bonchev–Trinajstić information content (AvgIpc) is 2.45. The molecular weight excluding hydrogens is 288 g/mol. The summed E-state index contributed by atoms with van der Waals surface area (Å²) in [6.45, 7) is 3.75. The minimum absolute atomic E-state index is 0.100. The molecule has 0 aromatic heterocycles. The van der Waals surface area contributed by atoms with E-state index in [1.54, 1.807) is 0 Å². The van der Waals surface area contributed by atoms with E-state index in [1.165, 1.54) is 0 Å². The van der Waals surface area contributed by atoms with Gasteiger partial charge >= 0.3 is 5.97 Å². The molecule has 0 aromatic rings. The smallest absolute Gasteiger partial charge is 0.303 e. The van der Waals surface area contributed by atoms with Crippen molar-refractivity contribution in [2.45, 2.75) is 51.5 Å². The molecule has 6 heteroatoms. The monoisotopic (exact) mass is 316 g/mol. The van der Waals surface area contributed by atoms with Gasteiger partial charge in [-0.1, -0.05) is 19.8 Å². The molecule has 0 spiro atoms. The molecule has 0 aliphatic carbocycles. The Morgan fingerprint density at radius 2 is 2.19 bits per heavy atom. The van der Waals surface area contributed by atoms with E-state index < -0.39 is 5.97 Å². The zero-order valence-electron chi connectivity index (χ0n) is 12.9. The lowest BCUT2D eigenvalue weighted by molar-refractivity contribution is -0.137. The molecule has 0 radical (unpaired) electrons. The van der Waals surface area contributed by atoms with E-state index in [-0.39, 0.29) is 12.3 Å². The quantitative estimate of drug-likeness (QED) is 0.573. The highest BCUT2D eigenvalue weighted by atomic mass is 32.2. The third kappa shape index (κ3) is 8.98. The Hall–Kier alpha value is -0.750. The first kappa shape index (κ1) is 18.3. The largest absolute Gasteiger partial charge is 0.481 e. The second-order valence-corrected chi connectivity index (χ2v) is 6.81. The van der Waals surface area contributed by atoms with Gasteiger partial charge in [-0.3, -0.25) is 9.59 Å². The minimum atomic E-state index is -0.735. The first-order valence-electron chi connectivity index (χ1n) is 7.91. The zero-order valence-corrected chi connectivity index (χ0v) is 13.7. The maximum atomic E-state index is 11.9. The van der Waals surface area contributed by atoms with Crippen LogP contribution in [0.2, 0.25) is 0 Å². The number of amides is 1. The van der Waals surface area contributed by atoms with Crippen molar-refractivity contribution in [1.29, 1.82) is 0 Å². The topological polar surface area (TPSA) is 78.4 Å². The number of carboxylic acid groups (broad SMARTS) is 1. The minimum Gasteiger partial charge on any atom is -0.481 e. The van der Waals surface area contributed by atoms with Crippen LogP contribution in [0.4, 0.5) is 0 Å². The van der Waals surface area contributed by atoms with Gasteiger partial charge in [-0.05, 0) is 18.8 Å². The van der Waals surface area contributed by atoms with Crippen molar-refractivity contribution in [3.8, 4) is 0 Å². The van der Waals surface area contributed by atoms with E-state index >= 15 is 0 Å². The molecule has 1 rings (SSSR count). The Morgan fingerprint density at radius 3 is 2.81 bits per heavy atom. The standard InChI is InChI=1S/C15H28N2O3S/c1-2-3-12(4-5-15(19)20)6-7-17-14(18)10-13-11-21-9-8-16-13/h12-13,16H,2-11H2,1H3,(H,17,18)(H,19,20). The van der Waals surface area contributed by atoms with Crippen molar-refractivity contribution in [3.63, 3.8) is 0 Å². The van der Waals surface area contributed by atoms with Gasteiger partial charge in [0.15, 0.2) is 0 Å². The molecule has 3 N–H and O–H groups in total. The van der Waals surface area contributed by atoms with Crippen LogP contribution in [-0.2, 0) is 9.59 Å². The summed E-state index contributed by atoms with van der Waals surface area (Å²) in [5.74, 6) is 1.89. The summed E-state index contributed by atoms with van der Waals surface area (Å²) >= 11 is 1.89. The summed E-state index contributed by atoms with van der Waals surface area (Å²) in [6.07, 6.45) is 4.44. The highest BCUT2D eigenvalue weighted by molar-refractivity contribution is 7.99. The van der Waals surface area contributed by atoms with E-state index in [2.05, 4.69) is 17.6 Å². The maximum absolute atomic E-state index is 11.9. The normalized spacial score (nSPS) is 20.0. The zero-order chi connectivity index (χ0) is 15.5. The van der Waals surface area contributed by atoms with Crippen LogP contribution in [0, 0.1) is 5.92 Å². The van der Waals surface area contributed by atoms with Gasteiger partial charge in [-0.2, -0.15) is 11.8 Å². The first-order chi connectivity index (χ1) is 10.1. The lowest BCUT2D eigenvalue weighted by Crippen LogP contribution is -2.41. The number of hydrogen-bond donors (Lipinski definition) is 3. The molecule has 0 saturated carbocycles. The van der Waals surface area contributed by atoms with Crippen molar-refractivity contribution in [1.82, 2.24) is 10.6 Å². The maximum Gasteiger partial charge on any atom is 0.303 e. The number of rotatable bonds is 10. The highest BCUT2D eigenvalue weighted by Gasteiger charge is 2.17. The van der Waals surface area contributed by atoms with Gasteiger partial charge in [0, 0.05) is 43.5 Å². The Labute approximate surface area is 131 Å². The number of aliphatic carboxylic acids is 1. The molecule has 0 bridgehead atoms. The lowest BCUT2D eigenvalue weighted by atomic mass is 9.94. The van der Waals surface area contributed by atoms with E-state index in [0.29, 0.717) is 31.3 Å². The van der Waals surface area contributed by atoms with Crippen LogP contribution in [0.25, 0.3) is 0 Å². The molecule has 1 amide bonds. The Bertz CT molecular complexity index is 320. The van der Waals surface area contributed by atoms with Crippen LogP contribution >= 0.6 is 11.8 Å². The Morgan fingerprint density at radius 1 is 1.38 bits per heavy atom. The van der Waals surface area contributed by atoms with Crippen LogP contribution in [0.15, 0.2) is 0 Å². The molecule has 2 unspecified atom stereocenters. The fraction of sp³-hybridized carbons (Fsp3) is 0.867. The van der Waals surface area contributed by atoms with Gasteiger partial charge in [-0.25, -0.2) is 0 Å². The first-order valence-corrected chi connectivity index (χ1v) is 9.07. The van der Waals surface area contributed by atoms with Gasteiger partial charge < -0.3 is 15.7 Å². The van der Waals surface area contributed by atoms with Crippen LogP contribution in [-0.4, -0.2) is 47.6 Å². The van der Waals surface area contributed by atoms with Crippen LogP contribution in [0.1, 0.15) is 45.4 Å². The van der Waals surface area contributed by atoms with E-state index in [4.69, 9.17) is 5.11 Å². The van der Waals surface area contributed by atoms with Crippen molar-refractivity contribution < 1.29 is 14.7 Å². The van der Waals surface area contributed by atoms with Crippen LogP contribution < -0.4 is 10.6 Å². The molecular formula is C15H28N2O3S. The van der Waals surface area contributed by atoms with Gasteiger partial charge in [0.05, 0.1) is 0 Å². The lowest BCUT2D eigenvalue weighted by Gasteiger charge is -2.22. The van der Waals surface area contributed by atoms with Crippen molar-refractivity contribution in [2.24, 2.45) is 5.92 Å². The fourth-order valence-electron chi connectivity index (χ4n) is 2.63. The SMILES string of the molecule is CCCC(CCNC(=O)CC1CSCCN1)CCC(=O)O. The van der Waals surface area contributed by atoms with Gasteiger partial charge in [0.25, 0.3) is 0 Å². The van der Waals surface area contributed by atoms with Gasteiger partial charge in [0.1, 0.15) is 0 Å². The number of carboxylic acids is 1. The van der Waals surface area contributed by atoms with E-state index in [1.807, 2.05) is 11.8 Å². The summed E-state index contributed by atoms with van der Waals surface area (Å²) in [4.78, 5) is 22.5. The Balaban J connectivity index is 2.16. The van der Waals surface area contributed by atoms with Gasteiger partial charge in [-0.15, -0.1) is 0 Å². The number of carbonyl (C=O) groups is 2. The van der Waals surface area contributed by atoms with Crippen LogP contribution in [0.5, 0.6) is 0 Å². The third-order valence-electron chi connectivity index (χ3n) is 3.77. The van der Waals surface area contributed by atoms with Gasteiger partial charge in [0.2, 0.25) is 5.91 Å². The summed E-state index contributed by atoms with van der Waals surface area (Å²) in [5.41, 5.74) is 0. The molecule has 1 saturated heterocycles. The van der Waals surface area contributed by atoms with E-state index in [0.717, 1.165) is 37.3 Å². The molecule has 1 aliphatic heterocycles. The summed E-state index contributed by atoms with van der Waals surface area (Å²) < 4.78 is 0. The van der Waals surface area contributed by atoms with Crippen molar-refractivity contribution in [3.05, 3.63) is 0 Å². The molecule has 1 aliphatic rings. The number of thioether (sulfide) groups is 1. The third-order valence-corrected chi connectivity index (χ3v) is 4.90. The van der Waals surface area contributed by atoms with Crippen molar-refractivity contribution in [2.75, 3.05) is 24.6 Å². The fourth-order valence-corrected chi connectivity index (χ4v) is 3.58. The average molecular weight is 316 g/mol. The molecule has 0 aromatic carbocycles. The second-order valence-electron chi connectivity index (χ2n) is 5.66. The molecule has 5 nitrogen and oxygen atoms in total. The molecule has 1 heterocycles. The molecule has 122 valence electrons. The highest BCUT2D eigenvalue weighted by Crippen LogP contribution is 2.17. The summed E-state index contributed by atoms with van der Waals surface area (Å²) in [5, 5.41) is 15.1. The number of hydrogen-bond acceptors (Lipinski definition) is 4. The summed E-state index contributed by atoms with van der Waals surface area (Å²) in [7, 11) is 0. The van der Waals surface area contributed by atoms with E-state index in [9.17, 15) is 9.59 Å². The second kappa shape index (κ2) is 10.9. The summed E-state index contributed by atoms with van der Waals surface area (Å²) in [6, 6.07) is 0.294. The van der Waals surface area contributed by atoms with Crippen molar-refractivity contribution >= 4 is 23.6 Å². The number of nitrogens with one attached hydrogen (secondary N) is 2.